The van der Waals surface area contributed by atoms with Crippen molar-refractivity contribution in [2.75, 3.05) is 19.5 Å². The lowest BCUT2D eigenvalue weighted by Crippen LogP contribution is -2.02. The molecule has 0 unspecified atom stereocenters. The van der Waals surface area contributed by atoms with E-state index in [0.29, 0.717) is 16.6 Å². The Labute approximate surface area is 103 Å². The van der Waals surface area contributed by atoms with Crippen molar-refractivity contribution in [3.63, 3.8) is 0 Å². The van der Waals surface area contributed by atoms with E-state index in [2.05, 4.69) is 32.5 Å². The number of rotatable bonds is 2. The molecule has 0 amide bonds. The van der Waals surface area contributed by atoms with Crippen LogP contribution in [0.1, 0.15) is 15.9 Å². The Hall–Kier alpha value is -1.47. The SMILES string of the molecule is COC(=O)c1ccc(C#CCBr)c(OC)c1. The lowest BCUT2D eigenvalue weighted by Gasteiger charge is -2.05. The number of methoxy groups -OCH3 is 2. The molecule has 0 radical (unpaired) electrons. The Morgan fingerprint density at radius 2 is 2.19 bits per heavy atom. The second-order valence-corrected chi connectivity index (χ2v) is 3.40. The number of carbonyl (C=O) groups is 1. The van der Waals surface area contributed by atoms with Crippen LogP contribution in [0, 0.1) is 11.8 Å². The molecule has 4 heteroatoms. The van der Waals surface area contributed by atoms with E-state index in [1.165, 1.54) is 14.2 Å². The number of halogens is 1. The van der Waals surface area contributed by atoms with E-state index in [0.717, 1.165) is 5.56 Å². The molecule has 0 atom stereocenters. The number of benzene rings is 1. The summed E-state index contributed by atoms with van der Waals surface area (Å²) < 4.78 is 9.77. The first-order valence-electron chi connectivity index (χ1n) is 4.54. The molecule has 0 N–H and O–H groups in total. The van der Waals surface area contributed by atoms with Gasteiger partial charge in [0.05, 0.1) is 30.7 Å². The minimum Gasteiger partial charge on any atom is -0.495 e. The average molecular weight is 283 g/mol. The van der Waals surface area contributed by atoms with Gasteiger partial charge in [-0.1, -0.05) is 27.8 Å². The van der Waals surface area contributed by atoms with E-state index in [-0.39, 0.29) is 0 Å². The van der Waals surface area contributed by atoms with Gasteiger partial charge in [0.2, 0.25) is 0 Å². The summed E-state index contributed by atoms with van der Waals surface area (Å²) in [4.78, 5) is 11.3. The molecule has 84 valence electrons. The molecule has 0 aliphatic rings. The van der Waals surface area contributed by atoms with Crippen molar-refractivity contribution in [3.8, 4) is 17.6 Å². The molecule has 3 nitrogen and oxygen atoms in total. The number of ether oxygens (including phenoxy) is 2. The van der Waals surface area contributed by atoms with Gasteiger partial charge in [-0.25, -0.2) is 4.79 Å². The highest BCUT2D eigenvalue weighted by atomic mass is 79.9. The van der Waals surface area contributed by atoms with Crippen molar-refractivity contribution in [2.45, 2.75) is 0 Å². The molecule has 0 aliphatic carbocycles. The molecular weight excluding hydrogens is 272 g/mol. The van der Waals surface area contributed by atoms with Gasteiger partial charge in [-0.15, -0.1) is 0 Å². The van der Waals surface area contributed by atoms with E-state index in [4.69, 9.17) is 4.74 Å². The summed E-state index contributed by atoms with van der Waals surface area (Å²) in [5, 5.41) is 0.592. The largest absolute Gasteiger partial charge is 0.495 e. The molecule has 16 heavy (non-hydrogen) atoms. The maximum absolute atomic E-state index is 11.3. The van der Waals surface area contributed by atoms with Crippen LogP contribution in [-0.4, -0.2) is 25.5 Å². The third-order valence-corrected chi connectivity index (χ3v) is 2.19. The van der Waals surface area contributed by atoms with Gasteiger partial charge in [-0.2, -0.15) is 0 Å². The Kier molecular flexibility index (Phi) is 4.87. The summed E-state index contributed by atoms with van der Waals surface area (Å²) in [6, 6.07) is 5.01. The topological polar surface area (TPSA) is 35.5 Å². The van der Waals surface area contributed by atoms with Gasteiger partial charge in [0, 0.05) is 0 Å². The quantitative estimate of drug-likeness (QED) is 0.474. The Morgan fingerprint density at radius 1 is 1.44 bits per heavy atom. The predicted octanol–water partition coefficient (Wildman–Crippen LogP) is 2.23. The molecule has 1 rings (SSSR count). The molecule has 1 aromatic carbocycles. The molecule has 0 fully saturated rings. The lowest BCUT2D eigenvalue weighted by atomic mass is 10.1. The van der Waals surface area contributed by atoms with E-state index in [1.807, 2.05) is 0 Å². The first-order chi connectivity index (χ1) is 7.72. The van der Waals surface area contributed by atoms with Crippen LogP contribution in [0.25, 0.3) is 0 Å². The summed E-state index contributed by atoms with van der Waals surface area (Å²) >= 11 is 3.21. The molecule has 0 saturated heterocycles. The summed E-state index contributed by atoms with van der Waals surface area (Å²) in [5.74, 6) is 5.97. The number of hydrogen-bond donors (Lipinski definition) is 0. The van der Waals surface area contributed by atoms with Gasteiger partial charge in [0.25, 0.3) is 0 Å². The highest BCUT2D eigenvalue weighted by Gasteiger charge is 2.08. The molecule has 1 aromatic rings. The third-order valence-electron chi connectivity index (χ3n) is 1.91. The van der Waals surface area contributed by atoms with Crippen LogP contribution >= 0.6 is 15.9 Å². The lowest BCUT2D eigenvalue weighted by molar-refractivity contribution is 0.0600. The summed E-state index contributed by atoms with van der Waals surface area (Å²) in [7, 11) is 2.88. The molecule has 0 spiro atoms. The second-order valence-electron chi connectivity index (χ2n) is 2.84. The smallest absolute Gasteiger partial charge is 0.337 e. The second kappa shape index (κ2) is 6.19. The fraction of sp³-hybridized carbons (Fsp3) is 0.250. The molecule has 0 heterocycles. The van der Waals surface area contributed by atoms with Crippen molar-refractivity contribution in [3.05, 3.63) is 29.3 Å². The summed E-state index contributed by atoms with van der Waals surface area (Å²) in [6.45, 7) is 0. The number of esters is 1. The van der Waals surface area contributed by atoms with Gasteiger partial charge in [0.1, 0.15) is 5.75 Å². The van der Waals surface area contributed by atoms with Crippen LogP contribution in [0.4, 0.5) is 0 Å². The first-order valence-corrected chi connectivity index (χ1v) is 5.66. The minimum absolute atomic E-state index is 0.390. The number of hydrogen-bond acceptors (Lipinski definition) is 3. The van der Waals surface area contributed by atoms with Gasteiger partial charge in [-0.3, -0.25) is 0 Å². The van der Waals surface area contributed by atoms with Crippen molar-refractivity contribution in [2.24, 2.45) is 0 Å². The maximum atomic E-state index is 11.3. The highest BCUT2D eigenvalue weighted by Crippen LogP contribution is 2.19. The van der Waals surface area contributed by atoms with Crippen LogP contribution in [0.5, 0.6) is 5.75 Å². The molecular formula is C12H11BrO3. The number of carbonyl (C=O) groups excluding carboxylic acids is 1. The van der Waals surface area contributed by atoms with Crippen molar-refractivity contribution < 1.29 is 14.3 Å². The highest BCUT2D eigenvalue weighted by molar-refractivity contribution is 9.09. The molecule has 0 aromatic heterocycles. The fourth-order valence-electron chi connectivity index (χ4n) is 1.17. The Bertz CT molecular complexity index is 443. The maximum Gasteiger partial charge on any atom is 0.337 e. The summed E-state index contributed by atoms with van der Waals surface area (Å²) in [5.41, 5.74) is 1.19. The Balaban J connectivity index is 3.11. The molecule has 0 aliphatic heterocycles. The van der Waals surface area contributed by atoms with Gasteiger partial charge < -0.3 is 9.47 Å². The molecule has 0 bridgehead atoms. The monoisotopic (exact) mass is 282 g/mol. The third kappa shape index (κ3) is 3.01. The molecule has 0 saturated carbocycles. The predicted molar refractivity (Wildman–Crippen MR) is 65.0 cm³/mol. The van der Waals surface area contributed by atoms with Gasteiger partial charge >= 0.3 is 5.97 Å². The standard InChI is InChI=1S/C12H11BrO3/c1-15-11-8-10(12(14)16-2)6-5-9(11)4-3-7-13/h5-6,8H,7H2,1-2H3. The van der Waals surface area contributed by atoms with E-state index in [9.17, 15) is 4.79 Å². The Morgan fingerprint density at radius 3 is 2.75 bits per heavy atom. The van der Waals surface area contributed by atoms with E-state index >= 15 is 0 Å². The van der Waals surface area contributed by atoms with Crippen molar-refractivity contribution in [1.29, 1.82) is 0 Å². The van der Waals surface area contributed by atoms with Crippen LogP contribution in [0.2, 0.25) is 0 Å². The van der Waals surface area contributed by atoms with Crippen LogP contribution in [-0.2, 0) is 4.74 Å². The van der Waals surface area contributed by atoms with Crippen molar-refractivity contribution in [1.82, 2.24) is 0 Å². The van der Waals surface area contributed by atoms with Crippen LogP contribution in [0.3, 0.4) is 0 Å². The van der Waals surface area contributed by atoms with Crippen LogP contribution < -0.4 is 4.74 Å². The zero-order valence-electron chi connectivity index (χ0n) is 9.04. The fourth-order valence-corrected chi connectivity index (χ4v) is 1.31. The normalized spacial score (nSPS) is 8.94. The van der Waals surface area contributed by atoms with E-state index in [1.54, 1.807) is 18.2 Å². The van der Waals surface area contributed by atoms with E-state index < -0.39 is 5.97 Å². The zero-order chi connectivity index (χ0) is 12.0. The minimum atomic E-state index is -0.390. The zero-order valence-corrected chi connectivity index (χ0v) is 10.6. The number of alkyl halides is 1. The first kappa shape index (κ1) is 12.6. The van der Waals surface area contributed by atoms with Gasteiger partial charge in [0.15, 0.2) is 0 Å². The van der Waals surface area contributed by atoms with Crippen molar-refractivity contribution >= 4 is 21.9 Å². The average Bonchev–Trinajstić information content (AvgIpc) is 2.35. The van der Waals surface area contributed by atoms with Crippen LogP contribution in [0.15, 0.2) is 18.2 Å². The summed E-state index contributed by atoms with van der Waals surface area (Å²) in [6.07, 6.45) is 0. The van der Waals surface area contributed by atoms with Gasteiger partial charge in [-0.05, 0) is 18.2 Å².